The Labute approximate surface area is 183 Å². The van der Waals surface area contributed by atoms with Gasteiger partial charge in [0.15, 0.2) is 0 Å². The van der Waals surface area contributed by atoms with Gasteiger partial charge in [0.1, 0.15) is 0 Å². The molecule has 0 amide bonds. The molecule has 2 fully saturated rings. The highest BCUT2D eigenvalue weighted by Gasteiger charge is 2.30. The molecule has 0 N–H and O–H groups in total. The van der Waals surface area contributed by atoms with Gasteiger partial charge >= 0.3 is 0 Å². The van der Waals surface area contributed by atoms with Crippen molar-refractivity contribution in [2.45, 2.75) is 95.9 Å². The van der Waals surface area contributed by atoms with Crippen molar-refractivity contribution in [2.75, 3.05) is 0 Å². The summed E-state index contributed by atoms with van der Waals surface area (Å²) in [5.74, 6) is 3.71. The molecule has 0 aliphatic heterocycles. The van der Waals surface area contributed by atoms with Crippen LogP contribution in [0.1, 0.15) is 95.5 Å². The van der Waals surface area contributed by atoms with Crippen LogP contribution in [0.2, 0.25) is 6.04 Å². The standard InChI is InChI=1S/C28H44Si/c1-3-5-7-8-9-23-10-12-24(13-11-23)25-14-16-26(17-15-25)27-18-20-28(21-19-27)29-22-6-4-2/h3,8-9,18-21,23-26H,1,4-7,10-17,22,29H2,2H3. The summed E-state index contributed by atoms with van der Waals surface area (Å²) in [4.78, 5) is 0. The second-order valence-corrected chi connectivity index (χ2v) is 11.8. The summed E-state index contributed by atoms with van der Waals surface area (Å²) in [5, 5.41) is 1.67. The zero-order valence-electron chi connectivity index (χ0n) is 19.0. The lowest BCUT2D eigenvalue weighted by Gasteiger charge is -2.37. The first-order valence-electron chi connectivity index (χ1n) is 12.7. The Hall–Kier alpha value is -1.08. The Bertz CT molecular complexity index is 598. The summed E-state index contributed by atoms with van der Waals surface area (Å²) in [5.41, 5.74) is 1.63. The van der Waals surface area contributed by atoms with Crippen molar-refractivity contribution in [2.24, 2.45) is 17.8 Å². The Morgan fingerprint density at radius 1 is 0.897 bits per heavy atom. The number of hydrogen-bond acceptors (Lipinski definition) is 0. The molecule has 0 aromatic heterocycles. The van der Waals surface area contributed by atoms with Crippen LogP contribution >= 0.6 is 0 Å². The molecule has 2 saturated carbocycles. The minimum absolute atomic E-state index is 0.0109. The lowest BCUT2D eigenvalue weighted by atomic mass is 9.68. The lowest BCUT2D eigenvalue weighted by molar-refractivity contribution is 0.171. The van der Waals surface area contributed by atoms with E-state index in [9.17, 15) is 0 Å². The molecule has 2 aliphatic rings. The van der Waals surface area contributed by atoms with E-state index in [1.54, 1.807) is 10.8 Å². The van der Waals surface area contributed by atoms with E-state index in [0.29, 0.717) is 0 Å². The minimum atomic E-state index is -0.0109. The predicted molar refractivity (Wildman–Crippen MR) is 133 cm³/mol. The second-order valence-electron chi connectivity index (χ2n) is 9.78. The summed E-state index contributed by atoms with van der Waals surface area (Å²) >= 11 is 0. The van der Waals surface area contributed by atoms with E-state index in [-0.39, 0.29) is 9.52 Å². The third-order valence-corrected chi connectivity index (χ3v) is 9.62. The monoisotopic (exact) mass is 408 g/mol. The number of unbranched alkanes of at least 4 members (excludes halogenated alkanes) is 2. The van der Waals surface area contributed by atoms with E-state index < -0.39 is 0 Å². The van der Waals surface area contributed by atoms with Crippen molar-refractivity contribution in [1.29, 1.82) is 0 Å². The number of rotatable bonds is 10. The van der Waals surface area contributed by atoms with Crippen molar-refractivity contribution < 1.29 is 0 Å². The quantitative estimate of drug-likeness (QED) is 0.216. The fourth-order valence-corrected chi connectivity index (χ4v) is 7.50. The lowest BCUT2D eigenvalue weighted by Crippen LogP contribution is -2.25. The summed E-state index contributed by atoms with van der Waals surface area (Å²) in [7, 11) is -0.0109. The number of allylic oxidation sites excluding steroid dienone is 3. The molecular formula is C28H44Si. The maximum atomic E-state index is 3.82. The molecule has 0 spiro atoms. The maximum absolute atomic E-state index is 3.82. The van der Waals surface area contributed by atoms with E-state index in [2.05, 4.69) is 49.9 Å². The van der Waals surface area contributed by atoms with Crippen molar-refractivity contribution in [3.63, 3.8) is 0 Å². The van der Waals surface area contributed by atoms with Crippen LogP contribution in [-0.4, -0.2) is 9.52 Å². The van der Waals surface area contributed by atoms with Crippen LogP contribution in [0.4, 0.5) is 0 Å². The van der Waals surface area contributed by atoms with Gasteiger partial charge in [-0.3, -0.25) is 0 Å². The van der Waals surface area contributed by atoms with Crippen molar-refractivity contribution in [3.05, 3.63) is 54.6 Å². The third kappa shape index (κ3) is 7.28. The Morgan fingerprint density at radius 3 is 2.17 bits per heavy atom. The first kappa shape index (κ1) is 22.6. The van der Waals surface area contributed by atoms with Crippen molar-refractivity contribution in [3.8, 4) is 0 Å². The van der Waals surface area contributed by atoms with Gasteiger partial charge in [0.05, 0.1) is 9.52 Å². The van der Waals surface area contributed by atoms with Gasteiger partial charge in [0, 0.05) is 0 Å². The molecular weight excluding hydrogens is 364 g/mol. The zero-order chi connectivity index (χ0) is 20.3. The van der Waals surface area contributed by atoms with Crippen LogP contribution in [0.3, 0.4) is 0 Å². The average Bonchev–Trinajstić information content (AvgIpc) is 2.78. The molecule has 0 nitrogen and oxygen atoms in total. The minimum Gasteiger partial charge on any atom is -0.103 e. The van der Waals surface area contributed by atoms with Gasteiger partial charge in [-0.1, -0.05) is 73.5 Å². The van der Waals surface area contributed by atoms with Crippen LogP contribution in [0, 0.1) is 17.8 Å². The summed E-state index contributed by atoms with van der Waals surface area (Å²) in [6.45, 7) is 6.12. The molecule has 0 unspecified atom stereocenters. The third-order valence-electron chi connectivity index (χ3n) is 7.72. The van der Waals surface area contributed by atoms with Gasteiger partial charge < -0.3 is 0 Å². The van der Waals surface area contributed by atoms with Crippen molar-refractivity contribution in [1.82, 2.24) is 0 Å². The molecule has 1 aromatic rings. The van der Waals surface area contributed by atoms with Crippen LogP contribution in [0.25, 0.3) is 0 Å². The molecule has 1 aromatic carbocycles. The highest BCUT2D eigenvalue weighted by atomic mass is 28.2. The summed E-state index contributed by atoms with van der Waals surface area (Å²) in [6, 6.07) is 11.4. The predicted octanol–water partition coefficient (Wildman–Crippen LogP) is 7.30. The summed E-state index contributed by atoms with van der Waals surface area (Å²) < 4.78 is 0. The maximum Gasteiger partial charge on any atom is 0.0547 e. The van der Waals surface area contributed by atoms with Gasteiger partial charge in [-0.2, -0.15) is 0 Å². The normalized spacial score (nSPS) is 28.3. The van der Waals surface area contributed by atoms with Gasteiger partial charge in [-0.05, 0) is 93.4 Å². The number of benzene rings is 1. The Kier molecular flexibility index (Phi) is 9.80. The highest BCUT2D eigenvalue weighted by Crippen LogP contribution is 2.44. The van der Waals surface area contributed by atoms with E-state index >= 15 is 0 Å². The van der Waals surface area contributed by atoms with E-state index in [0.717, 1.165) is 30.1 Å². The topological polar surface area (TPSA) is 0 Å². The zero-order valence-corrected chi connectivity index (χ0v) is 20.4. The first-order valence-corrected chi connectivity index (χ1v) is 14.4. The fraction of sp³-hybridized carbons (Fsp3) is 0.643. The van der Waals surface area contributed by atoms with Crippen molar-refractivity contribution >= 4 is 14.7 Å². The first-order chi connectivity index (χ1) is 14.3. The summed E-state index contributed by atoms with van der Waals surface area (Å²) in [6.07, 6.45) is 23.6. The van der Waals surface area contributed by atoms with Crippen LogP contribution in [0.15, 0.2) is 49.1 Å². The van der Waals surface area contributed by atoms with Gasteiger partial charge in [0.2, 0.25) is 0 Å². The Morgan fingerprint density at radius 2 is 1.55 bits per heavy atom. The molecule has 160 valence electrons. The van der Waals surface area contributed by atoms with Crippen LogP contribution < -0.4 is 5.19 Å². The SMILES string of the molecule is C=CCCC=CC1CCC(C2CCC(c3ccc([SiH2]CCCC)cc3)CC2)CC1. The molecule has 29 heavy (non-hydrogen) atoms. The second kappa shape index (κ2) is 12.6. The molecule has 2 aliphatic carbocycles. The van der Waals surface area contributed by atoms with Crippen LogP contribution in [0.5, 0.6) is 0 Å². The molecule has 0 atom stereocenters. The highest BCUT2D eigenvalue weighted by molar-refractivity contribution is 6.53. The fourth-order valence-electron chi connectivity index (χ4n) is 5.77. The molecule has 1 heteroatoms. The van der Waals surface area contributed by atoms with Crippen LogP contribution in [-0.2, 0) is 0 Å². The largest absolute Gasteiger partial charge is 0.103 e. The molecule has 0 heterocycles. The molecule has 0 radical (unpaired) electrons. The average molecular weight is 409 g/mol. The van der Waals surface area contributed by atoms with Gasteiger partial charge in [0.25, 0.3) is 0 Å². The Balaban J connectivity index is 1.38. The molecule has 0 bridgehead atoms. The van der Waals surface area contributed by atoms with E-state index in [1.165, 1.54) is 76.7 Å². The van der Waals surface area contributed by atoms with Gasteiger partial charge in [-0.15, -0.1) is 6.58 Å². The van der Waals surface area contributed by atoms with E-state index in [4.69, 9.17) is 0 Å². The van der Waals surface area contributed by atoms with Gasteiger partial charge in [-0.25, -0.2) is 0 Å². The van der Waals surface area contributed by atoms with E-state index in [1.807, 2.05) is 6.08 Å². The smallest absolute Gasteiger partial charge is 0.0547 e. The molecule has 3 rings (SSSR count). The number of hydrogen-bond donors (Lipinski definition) is 0. The molecule has 0 saturated heterocycles.